The summed E-state index contributed by atoms with van der Waals surface area (Å²) in [7, 11) is 1.52. The zero-order chi connectivity index (χ0) is 27.6. The lowest BCUT2D eigenvalue weighted by Gasteiger charge is -2.37. The molecule has 4 atom stereocenters. The second kappa shape index (κ2) is 14.0. The van der Waals surface area contributed by atoms with Gasteiger partial charge in [-0.1, -0.05) is 46.2 Å². The molecule has 0 spiro atoms. The maximum atomic E-state index is 13.5. The van der Waals surface area contributed by atoms with Crippen LogP contribution < -0.4 is 25.6 Å². The minimum Gasteiger partial charge on any atom is -0.477 e. The fraction of sp³-hybridized carbons (Fsp3) is 0.630. The van der Waals surface area contributed by atoms with Crippen molar-refractivity contribution < 1.29 is 29.0 Å². The zero-order valence-electron chi connectivity index (χ0n) is 22.6. The molecule has 2 rings (SSSR count). The molecule has 1 aliphatic heterocycles. The van der Waals surface area contributed by atoms with Crippen molar-refractivity contribution in [1.29, 1.82) is 0 Å². The third-order valence-electron chi connectivity index (χ3n) is 6.63. The predicted octanol–water partition coefficient (Wildman–Crippen LogP) is 1.75. The highest BCUT2D eigenvalue weighted by Gasteiger charge is 2.37. The van der Waals surface area contributed by atoms with Crippen LogP contribution >= 0.6 is 0 Å². The molecule has 1 aromatic rings. The molecule has 0 aromatic heterocycles. The molecule has 0 radical (unpaired) electrons. The van der Waals surface area contributed by atoms with Gasteiger partial charge in [0, 0.05) is 25.9 Å². The van der Waals surface area contributed by atoms with Crippen LogP contribution in [0.25, 0.3) is 0 Å². The van der Waals surface area contributed by atoms with Crippen LogP contribution in [0.15, 0.2) is 24.3 Å². The molecule has 10 heteroatoms. The molecule has 4 N–H and O–H groups in total. The minimum absolute atomic E-state index is 0.0783. The minimum atomic E-state index is -0.965. The second-order valence-electron chi connectivity index (χ2n) is 10.5. The zero-order valence-corrected chi connectivity index (χ0v) is 22.6. The number of carbonyl (C=O) groups excluding carboxylic acids is 4. The molecule has 0 unspecified atom stereocenters. The standard InChI is InChI=1S/C27H42N4O6/c1-6-7-12-29-25(35)18(2)13-21(33)19(30-17-32)14-27(3,4)15-24(34)31-16-23(26(36)28-5)37-22-11-9-8-10-20(22)31/h8-11,17-19,21,23,33H,6-7,12-16H2,1-5H3,(H,28,36)(H,29,35)(H,30,32)/t18-,19+,21+,23-/m1/s1. The molecule has 0 saturated heterocycles. The lowest BCUT2D eigenvalue weighted by Crippen LogP contribution is -2.51. The Bertz CT molecular complexity index is 937. The maximum Gasteiger partial charge on any atom is 0.262 e. The van der Waals surface area contributed by atoms with Gasteiger partial charge in [0.25, 0.3) is 5.91 Å². The Morgan fingerprint density at radius 3 is 2.62 bits per heavy atom. The van der Waals surface area contributed by atoms with Crippen molar-refractivity contribution >= 4 is 29.8 Å². The molecular formula is C27H42N4O6. The van der Waals surface area contributed by atoms with Gasteiger partial charge >= 0.3 is 0 Å². The number of nitrogens with one attached hydrogen (secondary N) is 3. The van der Waals surface area contributed by atoms with Crippen LogP contribution in [0.4, 0.5) is 5.69 Å². The molecule has 10 nitrogen and oxygen atoms in total. The van der Waals surface area contributed by atoms with Gasteiger partial charge in [-0.05, 0) is 36.8 Å². The van der Waals surface area contributed by atoms with E-state index in [0.717, 1.165) is 12.8 Å². The number of likely N-dealkylation sites (N-methyl/N-ethyl adjacent to an activating group) is 1. The van der Waals surface area contributed by atoms with Crippen molar-refractivity contribution in [2.24, 2.45) is 11.3 Å². The highest BCUT2D eigenvalue weighted by Crippen LogP contribution is 2.36. The third kappa shape index (κ3) is 8.73. The molecule has 206 valence electrons. The fourth-order valence-corrected chi connectivity index (χ4v) is 4.53. The lowest BCUT2D eigenvalue weighted by atomic mass is 9.79. The second-order valence-corrected chi connectivity index (χ2v) is 10.5. The Morgan fingerprint density at radius 1 is 1.27 bits per heavy atom. The van der Waals surface area contributed by atoms with E-state index in [4.69, 9.17) is 4.74 Å². The van der Waals surface area contributed by atoms with Gasteiger partial charge in [-0.2, -0.15) is 0 Å². The van der Waals surface area contributed by atoms with Crippen molar-refractivity contribution in [1.82, 2.24) is 16.0 Å². The van der Waals surface area contributed by atoms with Crippen LogP contribution in [0.5, 0.6) is 5.75 Å². The van der Waals surface area contributed by atoms with Gasteiger partial charge in [0.15, 0.2) is 6.10 Å². The monoisotopic (exact) mass is 518 g/mol. The first-order chi connectivity index (χ1) is 17.5. The summed E-state index contributed by atoms with van der Waals surface area (Å²) >= 11 is 0. The van der Waals surface area contributed by atoms with Crippen molar-refractivity contribution in [2.45, 2.75) is 78.0 Å². The Hall–Kier alpha value is -3.14. The molecule has 0 bridgehead atoms. The Kier molecular flexibility index (Phi) is 11.4. The van der Waals surface area contributed by atoms with Crippen LogP contribution in [-0.2, 0) is 19.2 Å². The van der Waals surface area contributed by atoms with E-state index in [9.17, 15) is 24.3 Å². The number of fused-ring (bicyclic) bond motifs is 1. The Balaban J connectivity index is 2.08. The van der Waals surface area contributed by atoms with E-state index < -0.39 is 29.6 Å². The number of benzene rings is 1. The first-order valence-electron chi connectivity index (χ1n) is 13.0. The topological polar surface area (TPSA) is 137 Å². The summed E-state index contributed by atoms with van der Waals surface area (Å²) in [6, 6.07) is 6.43. The number of unbranched alkanes of at least 4 members (excludes halogenated alkanes) is 1. The summed E-state index contributed by atoms with van der Waals surface area (Å²) < 4.78 is 5.79. The summed E-state index contributed by atoms with van der Waals surface area (Å²) in [5.74, 6) is -0.631. The Morgan fingerprint density at radius 2 is 1.97 bits per heavy atom. The largest absolute Gasteiger partial charge is 0.477 e. The molecule has 0 fully saturated rings. The number of hydrogen-bond acceptors (Lipinski definition) is 6. The van der Waals surface area contributed by atoms with Gasteiger partial charge in [-0.3, -0.25) is 19.2 Å². The van der Waals surface area contributed by atoms with Gasteiger partial charge in [-0.15, -0.1) is 0 Å². The predicted molar refractivity (Wildman–Crippen MR) is 141 cm³/mol. The number of hydrogen-bond donors (Lipinski definition) is 4. The molecule has 1 heterocycles. The number of aliphatic hydroxyl groups is 1. The van der Waals surface area contributed by atoms with Gasteiger partial charge in [0.2, 0.25) is 18.2 Å². The van der Waals surface area contributed by atoms with Crippen molar-refractivity contribution in [3.63, 3.8) is 0 Å². The molecule has 0 aliphatic carbocycles. The smallest absolute Gasteiger partial charge is 0.262 e. The molecular weight excluding hydrogens is 476 g/mol. The van der Waals surface area contributed by atoms with E-state index >= 15 is 0 Å². The summed E-state index contributed by atoms with van der Waals surface area (Å²) in [5, 5.41) is 19.0. The first kappa shape index (κ1) is 30.1. The van der Waals surface area contributed by atoms with Gasteiger partial charge in [0.1, 0.15) is 5.75 Å². The van der Waals surface area contributed by atoms with Crippen molar-refractivity contribution in [2.75, 3.05) is 25.0 Å². The molecule has 1 aromatic carbocycles. The van der Waals surface area contributed by atoms with Gasteiger partial charge < -0.3 is 30.7 Å². The molecule has 0 saturated carbocycles. The Labute approximate surface area is 219 Å². The first-order valence-corrected chi connectivity index (χ1v) is 13.0. The lowest BCUT2D eigenvalue weighted by molar-refractivity contribution is -0.128. The maximum absolute atomic E-state index is 13.5. The van der Waals surface area contributed by atoms with Crippen molar-refractivity contribution in [3.05, 3.63) is 24.3 Å². The average molecular weight is 519 g/mol. The van der Waals surface area contributed by atoms with Gasteiger partial charge in [0.05, 0.1) is 24.4 Å². The normalized spacial score (nSPS) is 17.5. The van der Waals surface area contributed by atoms with E-state index in [0.29, 0.717) is 30.8 Å². The van der Waals surface area contributed by atoms with E-state index in [1.807, 2.05) is 20.8 Å². The highest BCUT2D eigenvalue weighted by molar-refractivity contribution is 5.97. The number of aliphatic hydroxyl groups excluding tert-OH is 1. The van der Waals surface area contributed by atoms with E-state index in [1.165, 1.54) is 7.05 Å². The van der Waals surface area contributed by atoms with E-state index in [-0.39, 0.29) is 37.1 Å². The number of nitrogens with zero attached hydrogens (tertiary/aromatic N) is 1. The summed E-state index contributed by atoms with van der Waals surface area (Å²) in [6.45, 7) is 8.23. The third-order valence-corrected chi connectivity index (χ3v) is 6.63. The van der Waals surface area contributed by atoms with Crippen LogP contribution in [0.2, 0.25) is 0 Å². The number of amides is 4. The van der Waals surface area contributed by atoms with Crippen LogP contribution in [0, 0.1) is 11.3 Å². The summed E-state index contributed by atoms with van der Waals surface area (Å²) in [4.78, 5) is 50.9. The number of para-hydroxylation sites is 2. The van der Waals surface area contributed by atoms with Gasteiger partial charge in [-0.25, -0.2) is 0 Å². The summed E-state index contributed by atoms with van der Waals surface area (Å²) in [6.07, 6.45) is 1.19. The highest BCUT2D eigenvalue weighted by atomic mass is 16.5. The number of anilines is 1. The van der Waals surface area contributed by atoms with Crippen LogP contribution in [0.3, 0.4) is 0 Å². The number of rotatable bonds is 14. The van der Waals surface area contributed by atoms with E-state index in [2.05, 4.69) is 16.0 Å². The van der Waals surface area contributed by atoms with Crippen molar-refractivity contribution in [3.8, 4) is 5.75 Å². The SMILES string of the molecule is CCCCNC(=O)[C@H](C)C[C@H](O)[C@H](CC(C)(C)CC(=O)N1C[C@H](C(=O)NC)Oc2ccccc21)NC=O. The fourth-order valence-electron chi connectivity index (χ4n) is 4.53. The van der Waals surface area contributed by atoms with Crippen LogP contribution in [-0.4, -0.2) is 67.6 Å². The quantitative estimate of drug-likeness (QED) is 0.219. The number of carbonyl (C=O) groups is 4. The number of ether oxygens (including phenoxy) is 1. The molecule has 1 aliphatic rings. The average Bonchev–Trinajstić information content (AvgIpc) is 2.86. The van der Waals surface area contributed by atoms with Crippen LogP contribution in [0.1, 0.15) is 59.8 Å². The molecule has 4 amide bonds. The van der Waals surface area contributed by atoms with E-state index in [1.54, 1.807) is 36.1 Å². The molecule has 37 heavy (non-hydrogen) atoms. The summed E-state index contributed by atoms with van der Waals surface area (Å²) in [5.41, 5.74) is -0.0184.